The standard InChI is InChI=1S/C35H62N6O7S/c1-15-17-22(26(42)29(44)36-18-16-2)37-28(43)25-24-21(35(24,12)13)19-41(25)30(45)27(33(6,7)8)39-31(46)38-23(32(3,4)5)20-40(14)49(47,48)34(9,10)11/h16,21-25,27H,2,15,17-20H2,1,3-14H3,(H,36,44)(H,37,43)(H2,38,39,46)/t21-,22?,23+,24-,25-,27+/m0/s1. The van der Waals surface area contributed by atoms with Crippen LogP contribution in [-0.4, -0.2) is 103 Å². The number of urea groups is 1. The highest BCUT2D eigenvalue weighted by Gasteiger charge is 2.70. The Morgan fingerprint density at radius 3 is 2.00 bits per heavy atom. The van der Waals surface area contributed by atoms with Gasteiger partial charge in [0.1, 0.15) is 12.1 Å². The van der Waals surface area contributed by atoms with Crippen molar-refractivity contribution < 1.29 is 32.4 Å². The monoisotopic (exact) mass is 710 g/mol. The van der Waals surface area contributed by atoms with Gasteiger partial charge in [0.25, 0.3) is 5.91 Å². The van der Waals surface area contributed by atoms with Crippen LogP contribution in [0, 0.1) is 28.1 Å². The van der Waals surface area contributed by atoms with Crippen LogP contribution in [0.4, 0.5) is 4.79 Å². The van der Waals surface area contributed by atoms with Crippen LogP contribution in [0.5, 0.6) is 0 Å². The lowest BCUT2D eigenvalue weighted by molar-refractivity contribution is -0.145. The second kappa shape index (κ2) is 15.1. The molecule has 1 saturated carbocycles. The molecule has 280 valence electrons. The number of amides is 5. The maximum atomic E-state index is 14.4. The Morgan fingerprint density at radius 2 is 1.53 bits per heavy atom. The van der Waals surface area contributed by atoms with Crippen LogP contribution < -0.4 is 21.3 Å². The third kappa shape index (κ3) is 9.62. The van der Waals surface area contributed by atoms with Crippen molar-refractivity contribution in [1.29, 1.82) is 0 Å². The highest BCUT2D eigenvalue weighted by Crippen LogP contribution is 2.65. The first kappa shape index (κ1) is 42.2. The first-order chi connectivity index (χ1) is 22.1. The van der Waals surface area contributed by atoms with Crippen molar-refractivity contribution in [2.45, 2.75) is 125 Å². The van der Waals surface area contributed by atoms with Crippen molar-refractivity contribution in [3.8, 4) is 0 Å². The molecule has 2 rings (SSSR count). The summed E-state index contributed by atoms with van der Waals surface area (Å²) in [6.07, 6.45) is 2.24. The molecule has 6 atom stereocenters. The van der Waals surface area contributed by atoms with Gasteiger partial charge in [-0.2, -0.15) is 0 Å². The maximum absolute atomic E-state index is 14.4. The van der Waals surface area contributed by atoms with Crippen molar-refractivity contribution in [3.63, 3.8) is 0 Å². The zero-order valence-corrected chi connectivity index (χ0v) is 32.8. The normalized spacial score (nSPS) is 22.3. The maximum Gasteiger partial charge on any atom is 0.315 e. The van der Waals surface area contributed by atoms with Gasteiger partial charge in [0.05, 0.1) is 10.8 Å². The van der Waals surface area contributed by atoms with Crippen LogP contribution in [0.15, 0.2) is 12.7 Å². The van der Waals surface area contributed by atoms with Crippen LogP contribution in [0.25, 0.3) is 0 Å². The van der Waals surface area contributed by atoms with Crippen molar-refractivity contribution in [3.05, 3.63) is 12.7 Å². The van der Waals surface area contributed by atoms with Gasteiger partial charge in [-0.15, -0.1) is 6.58 Å². The number of likely N-dealkylation sites (tertiary alicyclic amines) is 1. The zero-order valence-electron chi connectivity index (χ0n) is 31.9. The minimum absolute atomic E-state index is 0.0146. The summed E-state index contributed by atoms with van der Waals surface area (Å²) in [5, 5.41) is 11.0. The van der Waals surface area contributed by atoms with Gasteiger partial charge in [-0.25, -0.2) is 17.5 Å². The number of sulfonamides is 1. The Balaban J connectivity index is 2.34. The summed E-state index contributed by atoms with van der Waals surface area (Å²) in [6, 6.07) is -4.25. The van der Waals surface area contributed by atoms with Crippen LogP contribution in [0.1, 0.15) is 95.9 Å². The van der Waals surface area contributed by atoms with E-state index in [4.69, 9.17) is 0 Å². The van der Waals surface area contributed by atoms with E-state index in [2.05, 4.69) is 27.8 Å². The zero-order chi connectivity index (χ0) is 38.1. The number of nitrogens with zero attached hydrogens (tertiary/aromatic N) is 2. The van der Waals surface area contributed by atoms with Crippen LogP contribution in [-0.2, 0) is 29.2 Å². The Morgan fingerprint density at radius 1 is 0.959 bits per heavy atom. The quantitative estimate of drug-likeness (QED) is 0.158. The van der Waals surface area contributed by atoms with Gasteiger partial charge in [0.15, 0.2) is 0 Å². The Hall–Kier alpha value is -3.00. The minimum Gasteiger partial charge on any atom is -0.346 e. The van der Waals surface area contributed by atoms with Crippen LogP contribution in [0.2, 0.25) is 0 Å². The van der Waals surface area contributed by atoms with E-state index in [-0.39, 0.29) is 36.8 Å². The average Bonchev–Trinajstić information content (AvgIpc) is 3.26. The molecule has 4 N–H and O–H groups in total. The molecule has 0 radical (unpaired) electrons. The summed E-state index contributed by atoms with van der Waals surface area (Å²) >= 11 is 0. The number of piperidine rings is 1. The smallest absolute Gasteiger partial charge is 0.315 e. The van der Waals surface area contributed by atoms with Gasteiger partial charge >= 0.3 is 6.03 Å². The first-order valence-corrected chi connectivity index (χ1v) is 18.6. The van der Waals surface area contributed by atoms with E-state index in [0.29, 0.717) is 13.0 Å². The fourth-order valence-corrected chi connectivity index (χ4v) is 7.82. The van der Waals surface area contributed by atoms with E-state index in [9.17, 15) is 32.4 Å². The molecule has 2 aliphatic rings. The lowest BCUT2D eigenvalue weighted by Crippen LogP contribution is -2.63. The predicted octanol–water partition coefficient (Wildman–Crippen LogP) is 2.81. The molecule has 1 aliphatic carbocycles. The highest BCUT2D eigenvalue weighted by molar-refractivity contribution is 7.90. The molecule has 1 aliphatic heterocycles. The number of rotatable bonds is 14. The molecule has 1 heterocycles. The Kier molecular flexibility index (Phi) is 13.0. The molecule has 13 nitrogen and oxygen atoms in total. The van der Waals surface area contributed by atoms with Gasteiger partial charge < -0.3 is 26.2 Å². The number of nitrogens with one attached hydrogen (secondary N) is 4. The van der Waals surface area contributed by atoms with Crippen molar-refractivity contribution in [2.24, 2.45) is 28.1 Å². The van der Waals surface area contributed by atoms with Gasteiger partial charge in [0, 0.05) is 32.7 Å². The first-order valence-electron chi connectivity index (χ1n) is 17.2. The molecular weight excluding hydrogens is 648 g/mol. The van der Waals surface area contributed by atoms with Crippen molar-refractivity contribution in [1.82, 2.24) is 30.5 Å². The van der Waals surface area contributed by atoms with Crippen LogP contribution in [0.3, 0.4) is 0 Å². The fourth-order valence-electron chi connectivity index (χ4n) is 6.54. The number of carbonyl (C=O) groups is 5. The Bertz CT molecular complexity index is 1390. The van der Waals surface area contributed by atoms with E-state index < -0.39 is 79.3 Å². The van der Waals surface area contributed by atoms with E-state index in [1.165, 1.54) is 22.3 Å². The second-order valence-corrected chi connectivity index (χ2v) is 20.1. The topological polar surface area (TPSA) is 174 Å². The van der Waals surface area contributed by atoms with Gasteiger partial charge in [-0.3, -0.25) is 19.2 Å². The fraction of sp³-hybridized carbons (Fsp3) is 0.800. The molecule has 0 aromatic carbocycles. The average molecular weight is 711 g/mol. The lowest BCUT2D eigenvalue weighted by Gasteiger charge is -2.39. The van der Waals surface area contributed by atoms with Crippen molar-refractivity contribution in [2.75, 3.05) is 26.7 Å². The number of Topliss-reactive ketones (excluding diaryl/α,β-unsaturated/α-hetero) is 1. The third-order valence-corrected chi connectivity index (χ3v) is 12.5. The number of hydrogen-bond acceptors (Lipinski definition) is 7. The molecule has 0 spiro atoms. The minimum atomic E-state index is -3.67. The summed E-state index contributed by atoms with van der Waals surface area (Å²) in [5.41, 5.74) is -1.53. The molecular formula is C35H62N6O7S. The second-order valence-electron chi connectivity index (χ2n) is 17.3. The van der Waals surface area contributed by atoms with Gasteiger partial charge in [0.2, 0.25) is 27.6 Å². The number of likely N-dealkylation sites (N-methyl/N-ethyl adjacent to an activating group) is 1. The van der Waals surface area contributed by atoms with Gasteiger partial charge in [-0.1, -0.05) is 74.8 Å². The summed E-state index contributed by atoms with van der Waals surface area (Å²) in [7, 11) is -2.19. The van der Waals surface area contributed by atoms with E-state index in [1.54, 1.807) is 20.8 Å². The molecule has 1 unspecified atom stereocenters. The largest absolute Gasteiger partial charge is 0.346 e. The third-order valence-electron chi connectivity index (χ3n) is 9.96. The molecule has 5 amide bonds. The molecule has 1 saturated heterocycles. The van der Waals surface area contributed by atoms with Gasteiger partial charge in [-0.05, 0) is 55.3 Å². The number of fused-ring (bicyclic) bond motifs is 1. The summed E-state index contributed by atoms with van der Waals surface area (Å²) in [5.74, 6) is -2.65. The molecule has 2 fully saturated rings. The van der Waals surface area contributed by atoms with E-state index in [1.807, 2.05) is 62.3 Å². The Labute approximate surface area is 294 Å². The number of hydrogen-bond donors (Lipinski definition) is 4. The summed E-state index contributed by atoms with van der Waals surface area (Å²) in [4.78, 5) is 68.9. The summed E-state index contributed by atoms with van der Waals surface area (Å²) < 4.78 is 26.4. The molecule has 0 aromatic rings. The number of ketones is 1. The highest BCUT2D eigenvalue weighted by atomic mass is 32.2. The molecule has 49 heavy (non-hydrogen) atoms. The van der Waals surface area contributed by atoms with Crippen LogP contribution >= 0.6 is 0 Å². The number of carbonyl (C=O) groups excluding carboxylic acids is 5. The van der Waals surface area contributed by atoms with E-state index in [0.717, 1.165) is 0 Å². The SMILES string of the molecule is C=CCNC(=O)C(=O)C(CCC)NC(=O)[C@@H]1[C@@H]2[C@H](CN1C(=O)[C@@H](NC(=O)N[C@H](CN(C)S(=O)(=O)C(C)(C)C)C(C)(C)C)C(C)(C)C)C2(C)C. The van der Waals surface area contributed by atoms with Crippen molar-refractivity contribution >= 4 is 39.6 Å². The molecule has 0 aromatic heterocycles. The lowest BCUT2D eigenvalue weighted by atomic mass is 9.85. The predicted molar refractivity (Wildman–Crippen MR) is 191 cm³/mol. The summed E-state index contributed by atoms with van der Waals surface area (Å²) in [6.45, 7) is 25.9. The molecule has 0 bridgehead atoms. The molecule has 14 heteroatoms. The van der Waals surface area contributed by atoms with E-state index >= 15 is 0 Å².